The van der Waals surface area contributed by atoms with Gasteiger partial charge in [0.2, 0.25) is 0 Å². The van der Waals surface area contributed by atoms with E-state index >= 15 is 0 Å². The minimum Gasteiger partial charge on any atom is -0.787 e. The van der Waals surface area contributed by atoms with Crippen molar-refractivity contribution in [2.24, 2.45) is 0 Å². The molecule has 0 unspecified atom stereocenters. The quantitative estimate of drug-likeness (QED) is 0.324. The molecule has 3 heteroatoms. The maximum atomic E-state index is 4.83. The normalized spacial score (nSPS) is 9.52. The Kier molecular flexibility index (Phi) is 18.6. The van der Waals surface area contributed by atoms with E-state index in [0.717, 1.165) is 0 Å². The zero-order valence-corrected chi connectivity index (χ0v) is 17.6. The van der Waals surface area contributed by atoms with Crippen molar-refractivity contribution in [3.63, 3.8) is 0 Å². The van der Waals surface area contributed by atoms with Crippen molar-refractivity contribution in [3.05, 3.63) is 60.7 Å². The van der Waals surface area contributed by atoms with E-state index in [1.54, 1.807) is 0 Å². The van der Waals surface area contributed by atoms with Crippen LogP contribution in [0.2, 0.25) is 0 Å². The number of hydrogen-bond acceptors (Lipinski definition) is 2. The van der Waals surface area contributed by atoms with E-state index in [9.17, 15) is 0 Å². The van der Waals surface area contributed by atoms with Gasteiger partial charge in [-0.15, -0.1) is 0 Å². The summed E-state index contributed by atoms with van der Waals surface area (Å²) in [7, 11) is 0. The van der Waals surface area contributed by atoms with Gasteiger partial charge < -0.3 is 55.6 Å². The predicted molar refractivity (Wildman–Crippen MR) is 98.3 cm³/mol. The summed E-state index contributed by atoms with van der Waals surface area (Å²) in [5.74, 6) is 0. The summed E-state index contributed by atoms with van der Waals surface area (Å²) in [6.45, 7) is 12.0. The molecule has 126 valence electrons. The molecule has 21 heavy (non-hydrogen) atoms. The fourth-order valence-electron chi connectivity index (χ4n) is 0.642. The van der Waals surface area contributed by atoms with E-state index in [2.05, 4.69) is 0 Å². The summed E-state index contributed by atoms with van der Waals surface area (Å²) in [5.41, 5.74) is 0. The summed E-state index contributed by atoms with van der Waals surface area (Å²) < 4.78 is 0.167. The summed E-state index contributed by atoms with van der Waals surface area (Å²) in [6, 6.07) is 20.0. The molecule has 0 radical (unpaired) electrons. The second kappa shape index (κ2) is 15.0. The summed E-state index contributed by atoms with van der Waals surface area (Å²) in [4.78, 5) is 0. The predicted octanol–water partition coefficient (Wildman–Crippen LogP) is 5.47. The van der Waals surface area contributed by atoms with Gasteiger partial charge in [-0.1, -0.05) is 41.5 Å². The van der Waals surface area contributed by atoms with Crippen molar-refractivity contribution in [1.82, 2.24) is 0 Å². The van der Waals surface area contributed by atoms with Crippen LogP contribution in [0.3, 0.4) is 0 Å². The SMILES string of the molecule is CC(C)(C)[S-].CC(C)(C)[S-].[Mo].[cH-]1[cH-][cH-][cH-][cH-]1.c1cc[cH-]c1. The van der Waals surface area contributed by atoms with Gasteiger partial charge in [0, 0.05) is 21.1 Å². The maximum absolute atomic E-state index is 4.83. The van der Waals surface area contributed by atoms with Crippen LogP contribution in [-0.4, -0.2) is 9.49 Å². The first-order valence-electron chi connectivity index (χ1n) is 6.74. The van der Waals surface area contributed by atoms with Crippen molar-refractivity contribution in [2.45, 2.75) is 51.0 Å². The van der Waals surface area contributed by atoms with Crippen LogP contribution in [0.1, 0.15) is 41.5 Å². The molecule has 0 fully saturated rings. The minimum atomic E-state index is 0. The number of rotatable bonds is 0. The van der Waals surface area contributed by atoms with Gasteiger partial charge in [0.25, 0.3) is 0 Å². The summed E-state index contributed by atoms with van der Waals surface area (Å²) >= 11 is 9.65. The molecule has 0 aliphatic rings. The van der Waals surface area contributed by atoms with Crippen LogP contribution >= 0.6 is 0 Å². The Morgan fingerprint density at radius 3 is 0.905 bits per heavy atom. The van der Waals surface area contributed by atoms with Gasteiger partial charge in [-0.3, -0.25) is 0 Å². The van der Waals surface area contributed by atoms with E-state index in [0.29, 0.717) is 0 Å². The zero-order chi connectivity index (χ0) is 16.1. The third-order valence-corrected chi connectivity index (χ3v) is 1.11. The Morgan fingerprint density at radius 1 is 0.619 bits per heavy atom. The van der Waals surface area contributed by atoms with Crippen molar-refractivity contribution in [3.8, 4) is 0 Å². The average Bonchev–Trinajstić information content (AvgIpc) is 2.92. The Hall–Kier alpha value is 0.0883. The van der Waals surface area contributed by atoms with E-state index in [4.69, 9.17) is 25.3 Å². The van der Waals surface area contributed by atoms with Crippen molar-refractivity contribution in [2.75, 3.05) is 0 Å². The fourth-order valence-corrected chi connectivity index (χ4v) is 0.642. The number of hydrogen-bond donors (Lipinski definition) is 0. The Bertz CT molecular complexity index is 266. The average molecular weight is 404 g/mol. The molecule has 0 atom stereocenters. The smallest absolute Gasteiger partial charge is 0 e. The van der Waals surface area contributed by atoms with E-state index < -0.39 is 0 Å². The van der Waals surface area contributed by atoms with Gasteiger partial charge in [-0.05, 0) is 0 Å². The molecule has 0 nitrogen and oxygen atoms in total. The van der Waals surface area contributed by atoms with Gasteiger partial charge >= 0.3 is 0 Å². The van der Waals surface area contributed by atoms with Crippen molar-refractivity contribution in [1.29, 1.82) is 0 Å². The molecule has 2 rings (SSSR count). The molecule has 2 aromatic rings. The third-order valence-electron chi connectivity index (χ3n) is 1.11. The van der Waals surface area contributed by atoms with E-state index in [1.165, 1.54) is 0 Å². The van der Waals surface area contributed by atoms with Gasteiger partial charge in [0.15, 0.2) is 0 Å². The van der Waals surface area contributed by atoms with Crippen molar-refractivity contribution < 1.29 is 21.1 Å². The maximum Gasteiger partial charge on any atom is 0 e. The largest absolute Gasteiger partial charge is 0.787 e. The molecule has 0 amide bonds. The molecule has 0 heterocycles. The monoisotopic (exact) mass is 406 g/mol. The second-order valence-electron chi connectivity index (χ2n) is 6.15. The molecular formula is C18H28MoS2-8. The Morgan fingerprint density at radius 2 is 0.810 bits per heavy atom. The van der Waals surface area contributed by atoms with Crippen LogP contribution in [0, 0.1) is 0 Å². The standard InChI is InChI=1S/2C5H5.2C4H10S.Mo/c2*1-2-4-5-3-1;2*1-4(2,3)5;/h2*1-5H;2*5H,1-3H3;/q-5;-1;;;/p-2. The van der Waals surface area contributed by atoms with Crippen LogP contribution in [0.5, 0.6) is 0 Å². The molecule has 0 saturated heterocycles. The second-order valence-corrected chi connectivity index (χ2v) is 8.60. The van der Waals surface area contributed by atoms with Crippen LogP contribution < -0.4 is 0 Å². The summed E-state index contributed by atoms with van der Waals surface area (Å²) in [6.07, 6.45) is 0. The molecule has 0 saturated carbocycles. The van der Waals surface area contributed by atoms with E-state index in [-0.39, 0.29) is 30.6 Å². The molecule has 0 bridgehead atoms. The summed E-state index contributed by atoms with van der Waals surface area (Å²) in [5, 5.41) is 0. The van der Waals surface area contributed by atoms with Crippen LogP contribution in [0.25, 0.3) is 0 Å². The van der Waals surface area contributed by atoms with Crippen molar-refractivity contribution >= 4 is 25.3 Å². The molecule has 0 aromatic heterocycles. The molecular weight excluding hydrogens is 376 g/mol. The molecule has 0 aliphatic heterocycles. The van der Waals surface area contributed by atoms with Crippen LogP contribution in [0.4, 0.5) is 0 Å². The fraction of sp³-hybridized carbons (Fsp3) is 0.444. The first kappa shape index (κ1) is 26.0. The molecule has 0 aliphatic carbocycles. The Balaban J connectivity index is -0.000000202. The topological polar surface area (TPSA) is 0 Å². The molecule has 0 N–H and O–H groups in total. The minimum absolute atomic E-state index is 0. The first-order valence-corrected chi connectivity index (χ1v) is 7.56. The van der Waals surface area contributed by atoms with Gasteiger partial charge in [0.1, 0.15) is 0 Å². The van der Waals surface area contributed by atoms with Gasteiger partial charge in [-0.25, -0.2) is 12.1 Å². The third kappa shape index (κ3) is 64.6. The van der Waals surface area contributed by atoms with Gasteiger partial charge in [0.05, 0.1) is 0 Å². The zero-order valence-electron chi connectivity index (χ0n) is 14.0. The van der Waals surface area contributed by atoms with Gasteiger partial charge in [-0.2, -0.15) is 27.7 Å². The Labute approximate surface area is 157 Å². The first-order chi connectivity index (χ1) is 9.00. The molecule has 2 aromatic carbocycles. The van der Waals surface area contributed by atoms with E-state index in [1.807, 2.05) is 102 Å². The molecule has 0 spiro atoms. The van der Waals surface area contributed by atoms with Crippen LogP contribution in [0.15, 0.2) is 60.7 Å². The van der Waals surface area contributed by atoms with Crippen LogP contribution in [-0.2, 0) is 46.3 Å².